The molecule has 3 nitrogen and oxygen atoms in total. The quantitative estimate of drug-likeness (QED) is 0.925. The molecule has 0 saturated heterocycles. The summed E-state index contributed by atoms with van der Waals surface area (Å²) in [4.78, 5) is 14.6. The normalized spacial score (nSPS) is 10.4. The van der Waals surface area contributed by atoms with E-state index in [4.69, 9.17) is 5.11 Å². The lowest BCUT2D eigenvalue weighted by atomic mass is 10.2. The molecule has 0 fully saturated rings. The Morgan fingerprint density at radius 2 is 2.25 bits per heavy atom. The minimum absolute atomic E-state index is 0.0313. The maximum Gasteiger partial charge on any atom is 0.355 e. The van der Waals surface area contributed by atoms with Crippen molar-refractivity contribution >= 4 is 33.2 Å². The second-order valence-electron chi connectivity index (χ2n) is 2.97. The predicted molar refractivity (Wildman–Crippen MR) is 62.2 cm³/mol. The number of aromatic carboxylic acids is 1. The zero-order chi connectivity index (χ0) is 11.7. The summed E-state index contributed by atoms with van der Waals surface area (Å²) in [6.45, 7) is 0. The monoisotopic (exact) mass is 301 g/mol. The first-order valence-electron chi connectivity index (χ1n) is 4.22. The van der Waals surface area contributed by atoms with Gasteiger partial charge in [0, 0.05) is 15.4 Å². The Morgan fingerprint density at radius 1 is 1.50 bits per heavy atom. The Labute approximate surface area is 103 Å². The fourth-order valence-corrected chi connectivity index (χ4v) is 2.55. The number of benzene rings is 1. The van der Waals surface area contributed by atoms with Crippen LogP contribution in [0.15, 0.2) is 28.1 Å². The van der Waals surface area contributed by atoms with E-state index in [-0.39, 0.29) is 11.5 Å². The second kappa shape index (κ2) is 4.31. The summed E-state index contributed by atoms with van der Waals surface area (Å²) in [7, 11) is 0. The topological polar surface area (TPSA) is 50.2 Å². The van der Waals surface area contributed by atoms with E-state index >= 15 is 0 Å². The van der Waals surface area contributed by atoms with Gasteiger partial charge in [0.15, 0.2) is 5.69 Å². The standard InChI is InChI=1S/C10H5BrFNO2S/c11-7-2-1-5(12)3-6(7)9-13-8(4-16-9)10(14)15/h1-4H,(H,14,15). The van der Waals surface area contributed by atoms with E-state index in [1.54, 1.807) is 6.07 Å². The van der Waals surface area contributed by atoms with Crippen LogP contribution in [0.3, 0.4) is 0 Å². The van der Waals surface area contributed by atoms with Crippen molar-refractivity contribution in [3.05, 3.63) is 39.6 Å². The van der Waals surface area contributed by atoms with Gasteiger partial charge in [0.25, 0.3) is 0 Å². The Morgan fingerprint density at radius 3 is 2.88 bits per heavy atom. The van der Waals surface area contributed by atoms with Crippen molar-refractivity contribution < 1.29 is 14.3 Å². The molecular formula is C10H5BrFNO2S. The van der Waals surface area contributed by atoms with Crippen LogP contribution in [0.1, 0.15) is 10.5 Å². The molecule has 1 aromatic carbocycles. The van der Waals surface area contributed by atoms with Gasteiger partial charge in [-0.2, -0.15) is 0 Å². The molecule has 0 spiro atoms. The van der Waals surface area contributed by atoms with Crippen molar-refractivity contribution in [1.29, 1.82) is 0 Å². The third-order valence-electron chi connectivity index (χ3n) is 1.88. The van der Waals surface area contributed by atoms with Gasteiger partial charge in [-0.05, 0) is 18.2 Å². The number of carboxylic acid groups (broad SMARTS) is 1. The van der Waals surface area contributed by atoms with Gasteiger partial charge in [0.2, 0.25) is 0 Å². The van der Waals surface area contributed by atoms with Crippen molar-refractivity contribution in [2.45, 2.75) is 0 Å². The number of hydrogen-bond donors (Lipinski definition) is 1. The average Bonchev–Trinajstić information content (AvgIpc) is 2.70. The highest BCUT2D eigenvalue weighted by Crippen LogP contribution is 2.31. The lowest BCUT2D eigenvalue weighted by molar-refractivity contribution is 0.0691. The minimum atomic E-state index is -1.09. The number of hydrogen-bond acceptors (Lipinski definition) is 3. The molecule has 1 N–H and O–H groups in total. The van der Waals surface area contributed by atoms with Crippen LogP contribution in [-0.4, -0.2) is 16.1 Å². The Balaban J connectivity index is 2.50. The highest BCUT2D eigenvalue weighted by Gasteiger charge is 2.12. The van der Waals surface area contributed by atoms with E-state index in [0.717, 1.165) is 0 Å². The zero-order valence-corrected chi connectivity index (χ0v) is 10.2. The molecule has 6 heteroatoms. The van der Waals surface area contributed by atoms with E-state index < -0.39 is 5.97 Å². The van der Waals surface area contributed by atoms with Gasteiger partial charge >= 0.3 is 5.97 Å². The smallest absolute Gasteiger partial charge is 0.355 e. The number of aromatic nitrogens is 1. The molecule has 2 aromatic rings. The first kappa shape index (κ1) is 11.2. The van der Waals surface area contributed by atoms with Crippen LogP contribution in [-0.2, 0) is 0 Å². The van der Waals surface area contributed by atoms with Gasteiger partial charge in [-0.25, -0.2) is 14.2 Å². The second-order valence-corrected chi connectivity index (χ2v) is 4.68. The molecule has 0 radical (unpaired) electrons. The molecule has 2 rings (SSSR count). The van der Waals surface area contributed by atoms with Crippen molar-refractivity contribution in [3.8, 4) is 10.6 Å². The highest BCUT2D eigenvalue weighted by molar-refractivity contribution is 9.10. The lowest BCUT2D eigenvalue weighted by Gasteiger charge is -1.99. The van der Waals surface area contributed by atoms with Gasteiger partial charge in [0.05, 0.1) is 0 Å². The molecule has 0 atom stereocenters. The zero-order valence-electron chi connectivity index (χ0n) is 7.78. The predicted octanol–water partition coefficient (Wildman–Crippen LogP) is 3.41. The first-order valence-corrected chi connectivity index (χ1v) is 5.89. The summed E-state index contributed by atoms with van der Waals surface area (Å²) in [5.41, 5.74) is 0.522. The number of carbonyl (C=O) groups is 1. The summed E-state index contributed by atoms with van der Waals surface area (Å²) < 4.78 is 13.7. The maximum atomic E-state index is 13.0. The number of rotatable bonds is 2. The van der Waals surface area contributed by atoms with Crippen molar-refractivity contribution in [3.63, 3.8) is 0 Å². The van der Waals surface area contributed by atoms with Crippen LogP contribution in [0.4, 0.5) is 4.39 Å². The van der Waals surface area contributed by atoms with Crippen LogP contribution in [0, 0.1) is 5.82 Å². The molecule has 0 bridgehead atoms. The third-order valence-corrected chi connectivity index (χ3v) is 3.45. The minimum Gasteiger partial charge on any atom is -0.476 e. The van der Waals surface area contributed by atoms with Crippen LogP contribution < -0.4 is 0 Å². The van der Waals surface area contributed by atoms with Gasteiger partial charge < -0.3 is 5.11 Å². The van der Waals surface area contributed by atoms with Crippen molar-refractivity contribution in [1.82, 2.24) is 4.98 Å². The first-order chi connectivity index (χ1) is 7.58. The van der Waals surface area contributed by atoms with Gasteiger partial charge in [-0.15, -0.1) is 11.3 Å². The van der Waals surface area contributed by atoms with Gasteiger partial charge in [0.1, 0.15) is 10.8 Å². The molecule has 0 aliphatic heterocycles. The molecule has 0 aliphatic carbocycles. The van der Waals surface area contributed by atoms with E-state index in [0.29, 0.717) is 15.0 Å². The number of halogens is 2. The molecule has 82 valence electrons. The SMILES string of the molecule is O=C(O)c1csc(-c2cc(F)ccc2Br)n1. The number of nitrogens with zero attached hydrogens (tertiary/aromatic N) is 1. The van der Waals surface area contributed by atoms with Crippen LogP contribution >= 0.6 is 27.3 Å². The molecule has 0 unspecified atom stereocenters. The summed E-state index contributed by atoms with van der Waals surface area (Å²) in [5, 5.41) is 10.6. The average molecular weight is 302 g/mol. The fraction of sp³-hybridized carbons (Fsp3) is 0. The Bertz CT molecular complexity index is 556. The van der Waals surface area contributed by atoms with Crippen LogP contribution in [0.2, 0.25) is 0 Å². The fourth-order valence-electron chi connectivity index (χ4n) is 1.16. The molecule has 0 saturated carbocycles. The van der Waals surface area contributed by atoms with E-state index in [9.17, 15) is 9.18 Å². The summed E-state index contributed by atoms with van der Waals surface area (Å²) in [6, 6.07) is 4.19. The lowest BCUT2D eigenvalue weighted by Crippen LogP contribution is -1.95. The molecule has 16 heavy (non-hydrogen) atoms. The molecule has 0 amide bonds. The Hall–Kier alpha value is -1.27. The van der Waals surface area contributed by atoms with Crippen LogP contribution in [0.5, 0.6) is 0 Å². The molecule has 1 aromatic heterocycles. The summed E-state index contributed by atoms with van der Waals surface area (Å²) in [5.74, 6) is -1.47. The number of carboxylic acids is 1. The largest absolute Gasteiger partial charge is 0.476 e. The molecular weight excluding hydrogens is 297 g/mol. The summed E-state index contributed by atoms with van der Waals surface area (Å²) >= 11 is 4.43. The molecule has 0 aliphatic rings. The Kier molecular flexibility index (Phi) is 3.02. The van der Waals surface area contributed by atoms with E-state index in [1.165, 1.54) is 28.8 Å². The molecule has 1 heterocycles. The third kappa shape index (κ3) is 2.12. The number of thiazole rings is 1. The van der Waals surface area contributed by atoms with Crippen LogP contribution in [0.25, 0.3) is 10.6 Å². The highest BCUT2D eigenvalue weighted by atomic mass is 79.9. The van der Waals surface area contributed by atoms with Crippen molar-refractivity contribution in [2.75, 3.05) is 0 Å². The van der Waals surface area contributed by atoms with Crippen molar-refractivity contribution in [2.24, 2.45) is 0 Å². The van der Waals surface area contributed by atoms with Gasteiger partial charge in [-0.1, -0.05) is 15.9 Å². The summed E-state index contributed by atoms with van der Waals surface area (Å²) in [6.07, 6.45) is 0. The maximum absolute atomic E-state index is 13.0. The van der Waals surface area contributed by atoms with E-state index in [2.05, 4.69) is 20.9 Å². The van der Waals surface area contributed by atoms with E-state index in [1.807, 2.05) is 0 Å². The van der Waals surface area contributed by atoms with Gasteiger partial charge in [-0.3, -0.25) is 0 Å².